The molecule has 2 aromatic carbocycles. The lowest BCUT2D eigenvalue weighted by molar-refractivity contribution is 0.257. The molecular formula is C22H27N3O3S2. The zero-order chi connectivity index (χ0) is 21.3. The van der Waals surface area contributed by atoms with Gasteiger partial charge in [0, 0.05) is 19.6 Å². The molecule has 1 saturated heterocycles. The minimum Gasteiger partial charge on any atom is -0.429 e. The summed E-state index contributed by atoms with van der Waals surface area (Å²) in [6.07, 6.45) is 2.90. The molecule has 1 aliphatic rings. The van der Waals surface area contributed by atoms with Crippen molar-refractivity contribution in [2.24, 2.45) is 0 Å². The number of piperidine rings is 1. The fourth-order valence-corrected chi connectivity index (χ4v) is 5.74. The monoisotopic (exact) mass is 445 g/mol. The lowest BCUT2D eigenvalue weighted by Gasteiger charge is -2.25. The van der Waals surface area contributed by atoms with Crippen LogP contribution in [-0.4, -0.2) is 42.3 Å². The highest BCUT2D eigenvalue weighted by molar-refractivity contribution is 7.89. The van der Waals surface area contributed by atoms with Crippen LogP contribution in [0.15, 0.2) is 51.8 Å². The molecule has 2 heterocycles. The van der Waals surface area contributed by atoms with E-state index in [0.29, 0.717) is 40.6 Å². The summed E-state index contributed by atoms with van der Waals surface area (Å²) in [4.78, 5) is 2.77. The van der Waals surface area contributed by atoms with Crippen molar-refractivity contribution in [2.75, 3.05) is 20.1 Å². The van der Waals surface area contributed by atoms with E-state index in [4.69, 9.17) is 16.6 Å². The number of sulfonamides is 1. The number of benzene rings is 2. The molecule has 8 heteroatoms. The zero-order valence-corrected chi connectivity index (χ0v) is 19.0. The SMILES string of the molecule is Cc1ccccc1CN(C)Cn1c(=S)oc2ccc(S(=O)(=O)N3CCCCC3)cc21. The molecule has 30 heavy (non-hydrogen) atoms. The highest BCUT2D eigenvalue weighted by Crippen LogP contribution is 2.26. The number of aromatic nitrogens is 1. The Morgan fingerprint density at radius 1 is 1.10 bits per heavy atom. The van der Waals surface area contributed by atoms with Gasteiger partial charge in [-0.05, 0) is 68.4 Å². The summed E-state index contributed by atoms with van der Waals surface area (Å²) in [7, 11) is -1.50. The standard InChI is InChI=1S/C22H27N3O3S2/c1-17-8-4-5-9-18(17)15-23(2)16-25-20-14-19(10-11-21(20)28-22(25)29)30(26,27)24-12-6-3-7-13-24/h4-5,8-11,14H,3,6-7,12-13,15-16H2,1-2H3. The van der Waals surface area contributed by atoms with Crippen molar-refractivity contribution in [1.29, 1.82) is 0 Å². The lowest BCUT2D eigenvalue weighted by atomic mass is 10.1. The van der Waals surface area contributed by atoms with Crippen molar-refractivity contribution in [3.8, 4) is 0 Å². The van der Waals surface area contributed by atoms with Gasteiger partial charge in [0.15, 0.2) is 5.58 Å². The van der Waals surface area contributed by atoms with E-state index in [1.165, 1.54) is 11.1 Å². The van der Waals surface area contributed by atoms with Crippen molar-refractivity contribution < 1.29 is 12.8 Å². The molecule has 0 atom stereocenters. The molecule has 0 bridgehead atoms. The van der Waals surface area contributed by atoms with Crippen molar-refractivity contribution in [3.63, 3.8) is 0 Å². The first-order chi connectivity index (χ1) is 14.4. The number of fused-ring (bicyclic) bond motifs is 1. The third-order valence-electron chi connectivity index (χ3n) is 5.68. The average molecular weight is 446 g/mol. The second kappa shape index (κ2) is 8.63. The minimum atomic E-state index is -3.51. The third-order valence-corrected chi connectivity index (χ3v) is 7.87. The molecular weight excluding hydrogens is 418 g/mol. The zero-order valence-electron chi connectivity index (χ0n) is 17.4. The molecule has 1 aliphatic heterocycles. The van der Waals surface area contributed by atoms with E-state index in [2.05, 4.69) is 24.0 Å². The number of oxazole rings is 1. The van der Waals surface area contributed by atoms with Gasteiger partial charge < -0.3 is 4.42 Å². The van der Waals surface area contributed by atoms with E-state index in [1.54, 1.807) is 22.5 Å². The highest BCUT2D eigenvalue weighted by atomic mass is 32.2. The number of nitrogens with zero attached hydrogens (tertiary/aromatic N) is 3. The van der Waals surface area contributed by atoms with E-state index in [0.717, 1.165) is 25.8 Å². The highest BCUT2D eigenvalue weighted by Gasteiger charge is 2.26. The van der Waals surface area contributed by atoms with E-state index < -0.39 is 10.0 Å². The van der Waals surface area contributed by atoms with E-state index in [-0.39, 0.29) is 0 Å². The molecule has 0 unspecified atom stereocenters. The Morgan fingerprint density at radius 2 is 1.83 bits per heavy atom. The maximum atomic E-state index is 13.1. The minimum absolute atomic E-state index is 0.294. The maximum Gasteiger partial charge on any atom is 0.270 e. The molecule has 0 spiro atoms. The predicted molar refractivity (Wildman–Crippen MR) is 120 cm³/mol. The van der Waals surface area contributed by atoms with E-state index in [1.807, 2.05) is 23.7 Å². The van der Waals surface area contributed by atoms with Crippen LogP contribution in [0.2, 0.25) is 0 Å². The smallest absolute Gasteiger partial charge is 0.270 e. The van der Waals surface area contributed by atoms with Crippen molar-refractivity contribution >= 4 is 33.3 Å². The van der Waals surface area contributed by atoms with Crippen LogP contribution in [-0.2, 0) is 23.2 Å². The van der Waals surface area contributed by atoms with E-state index >= 15 is 0 Å². The Labute approximate surface area is 182 Å². The molecule has 1 aromatic heterocycles. The Kier molecular flexibility index (Phi) is 6.11. The summed E-state index contributed by atoms with van der Waals surface area (Å²) in [6, 6.07) is 13.3. The second-order valence-corrected chi connectivity index (χ2v) is 10.3. The fraction of sp³-hybridized carbons (Fsp3) is 0.409. The van der Waals surface area contributed by atoms with Crippen LogP contribution in [0.25, 0.3) is 11.1 Å². The van der Waals surface area contributed by atoms with Gasteiger partial charge in [-0.3, -0.25) is 9.47 Å². The molecule has 0 saturated carbocycles. The van der Waals surface area contributed by atoms with Gasteiger partial charge in [-0.2, -0.15) is 4.31 Å². The first-order valence-electron chi connectivity index (χ1n) is 10.2. The molecule has 4 rings (SSSR count). The van der Waals surface area contributed by atoms with Gasteiger partial charge in [0.05, 0.1) is 17.1 Å². The fourth-order valence-electron chi connectivity index (χ4n) is 3.96. The van der Waals surface area contributed by atoms with Crippen LogP contribution < -0.4 is 0 Å². The van der Waals surface area contributed by atoms with Crippen LogP contribution in [0.1, 0.15) is 30.4 Å². The van der Waals surface area contributed by atoms with Crippen LogP contribution in [0.5, 0.6) is 0 Å². The number of aryl methyl sites for hydroxylation is 1. The number of hydrogen-bond donors (Lipinski definition) is 0. The Balaban J connectivity index is 1.64. The van der Waals surface area contributed by atoms with Gasteiger partial charge in [-0.1, -0.05) is 30.7 Å². The third kappa shape index (κ3) is 4.23. The van der Waals surface area contributed by atoms with Gasteiger partial charge in [0.25, 0.3) is 4.84 Å². The molecule has 0 amide bonds. The molecule has 160 valence electrons. The van der Waals surface area contributed by atoms with Gasteiger partial charge in [0.2, 0.25) is 10.0 Å². The van der Waals surface area contributed by atoms with Gasteiger partial charge in [-0.25, -0.2) is 8.42 Å². The Morgan fingerprint density at radius 3 is 2.57 bits per heavy atom. The molecule has 1 fully saturated rings. The summed E-state index contributed by atoms with van der Waals surface area (Å²) in [5.74, 6) is 0. The summed E-state index contributed by atoms with van der Waals surface area (Å²) >= 11 is 5.43. The molecule has 0 N–H and O–H groups in total. The van der Waals surface area contributed by atoms with Crippen LogP contribution in [0.4, 0.5) is 0 Å². The number of hydrogen-bond acceptors (Lipinski definition) is 5. The van der Waals surface area contributed by atoms with Gasteiger partial charge in [-0.15, -0.1) is 0 Å². The molecule has 3 aromatic rings. The Bertz CT molecular complexity index is 1210. The summed E-state index contributed by atoms with van der Waals surface area (Å²) in [5.41, 5.74) is 3.78. The first-order valence-corrected chi connectivity index (χ1v) is 12.1. The van der Waals surface area contributed by atoms with E-state index in [9.17, 15) is 8.42 Å². The first kappa shape index (κ1) is 21.2. The normalized spacial score (nSPS) is 15.8. The van der Waals surface area contributed by atoms with Gasteiger partial charge >= 0.3 is 0 Å². The second-order valence-electron chi connectivity index (χ2n) is 7.97. The summed E-state index contributed by atoms with van der Waals surface area (Å²) < 4.78 is 35.4. The topological polar surface area (TPSA) is 58.7 Å². The molecule has 0 radical (unpaired) electrons. The van der Waals surface area contributed by atoms with Crippen LogP contribution in [0, 0.1) is 11.8 Å². The summed E-state index contributed by atoms with van der Waals surface area (Å²) in [6.45, 7) is 4.52. The summed E-state index contributed by atoms with van der Waals surface area (Å²) in [5, 5.41) is 0. The van der Waals surface area contributed by atoms with Crippen LogP contribution in [0.3, 0.4) is 0 Å². The van der Waals surface area contributed by atoms with Crippen molar-refractivity contribution in [3.05, 3.63) is 58.4 Å². The average Bonchev–Trinajstić information content (AvgIpc) is 3.05. The predicted octanol–water partition coefficient (Wildman–Crippen LogP) is 4.54. The van der Waals surface area contributed by atoms with Crippen molar-refractivity contribution in [1.82, 2.24) is 13.8 Å². The quantitative estimate of drug-likeness (QED) is 0.522. The largest absolute Gasteiger partial charge is 0.429 e. The maximum absolute atomic E-state index is 13.1. The number of rotatable bonds is 6. The Hall–Kier alpha value is -2.00. The lowest BCUT2D eigenvalue weighted by Crippen LogP contribution is -2.35. The van der Waals surface area contributed by atoms with Crippen LogP contribution >= 0.6 is 12.2 Å². The van der Waals surface area contributed by atoms with Gasteiger partial charge in [0.1, 0.15) is 0 Å². The molecule has 6 nitrogen and oxygen atoms in total. The molecule has 0 aliphatic carbocycles. The van der Waals surface area contributed by atoms with Crippen molar-refractivity contribution in [2.45, 2.75) is 44.3 Å².